The maximum Gasteiger partial charge on any atom is 0.459 e. The van der Waals surface area contributed by atoms with Crippen molar-refractivity contribution in [2.45, 2.75) is 57.8 Å². The Hall–Kier alpha value is -3.03. The average molecular weight is 727 g/mol. The number of halogens is 2. The molecular weight excluding hydrogens is 693 g/mol. The Labute approximate surface area is 273 Å². The smallest absolute Gasteiger partial charge is 0.459 e. The monoisotopic (exact) mass is 725 g/mol. The maximum absolute atomic E-state index is 14.2. The van der Waals surface area contributed by atoms with Crippen molar-refractivity contribution in [3.8, 4) is 5.75 Å². The Morgan fingerprint density at radius 3 is 2.60 bits per heavy atom. The van der Waals surface area contributed by atoms with E-state index in [4.69, 9.17) is 30.1 Å². The number of hydrogen-bond acceptors (Lipinski definition) is 9. The molecule has 0 radical (unpaired) electrons. The third-order valence-electron chi connectivity index (χ3n) is 6.73. The fourth-order valence-electron chi connectivity index (χ4n) is 4.53. The second kappa shape index (κ2) is 16.0. The lowest BCUT2D eigenvalue weighted by Gasteiger charge is -2.27. The predicted molar refractivity (Wildman–Crippen MR) is 172 cm³/mol. The van der Waals surface area contributed by atoms with Gasteiger partial charge in [-0.1, -0.05) is 71.7 Å². The molecule has 45 heavy (non-hydrogen) atoms. The molecule has 1 saturated heterocycles. The standard InChI is InChI=1S/C30H34BrClN3O9P/c1-19(2)14-24(29(38)41-17-20-6-4-3-5-7-20)34-45(40,44-23-10-8-22(32)9-11-23)42-18-26-25(36)15-27(43-26)35-16-21(12-13-31)28(37)33-30(35)39/h3-13,16,19,24-27,36H,14-15,17-18H2,1-2H3,(H,34,40)(H,33,37,39)/b13-12+/t24-,25-,26+,27+,45?/m0/s1. The minimum absolute atomic E-state index is 0.00333. The molecule has 0 saturated carbocycles. The van der Waals surface area contributed by atoms with Crippen LogP contribution in [0.25, 0.3) is 6.08 Å². The van der Waals surface area contributed by atoms with Gasteiger partial charge in [0.2, 0.25) is 0 Å². The summed E-state index contributed by atoms with van der Waals surface area (Å²) < 4.78 is 38.3. The molecule has 2 aromatic carbocycles. The second-order valence-corrected chi connectivity index (χ2v) is 13.4. The summed E-state index contributed by atoms with van der Waals surface area (Å²) in [5.41, 5.74) is -0.348. The number of ether oxygens (including phenoxy) is 2. The molecule has 1 unspecified atom stereocenters. The number of nitrogens with zero attached hydrogens (tertiary/aromatic N) is 1. The number of hydrogen-bond donors (Lipinski definition) is 3. The van der Waals surface area contributed by atoms with Gasteiger partial charge in [0.1, 0.15) is 30.7 Å². The highest BCUT2D eigenvalue weighted by Crippen LogP contribution is 2.46. The van der Waals surface area contributed by atoms with Gasteiger partial charge in [-0.25, -0.2) is 9.36 Å². The Kier molecular flexibility index (Phi) is 12.4. The first kappa shape index (κ1) is 34.8. The fraction of sp³-hybridized carbons (Fsp3) is 0.367. The molecular formula is C30H34BrClN3O9P. The van der Waals surface area contributed by atoms with Gasteiger partial charge in [0, 0.05) is 17.6 Å². The van der Waals surface area contributed by atoms with Gasteiger partial charge >= 0.3 is 19.4 Å². The molecule has 0 spiro atoms. The molecule has 4 rings (SSSR count). The van der Waals surface area contributed by atoms with Crippen molar-refractivity contribution in [2.75, 3.05) is 6.61 Å². The summed E-state index contributed by atoms with van der Waals surface area (Å²) >= 11 is 9.10. The summed E-state index contributed by atoms with van der Waals surface area (Å²) in [5.74, 6) is -0.510. The number of carbonyl (C=O) groups excluding carboxylic acids is 1. The molecule has 3 N–H and O–H groups in total. The van der Waals surface area contributed by atoms with Gasteiger partial charge in [-0.05, 0) is 53.2 Å². The van der Waals surface area contributed by atoms with Crippen LogP contribution < -0.4 is 20.9 Å². The van der Waals surface area contributed by atoms with E-state index in [0.717, 1.165) is 10.1 Å². The lowest BCUT2D eigenvalue weighted by Crippen LogP contribution is -2.39. The van der Waals surface area contributed by atoms with E-state index in [1.54, 1.807) is 0 Å². The van der Waals surface area contributed by atoms with Crippen molar-refractivity contribution in [1.82, 2.24) is 14.6 Å². The Balaban J connectivity index is 1.52. The van der Waals surface area contributed by atoms with E-state index < -0.39 is 56.0 Å². The summed E-state index contributed by atoms with van der Waals surface area (Å²) in [6.07, 6.45) is -0.128. The number of aliphatic hydroxyl groups excluding tert-OH is 1. The number of aliphatic hydroxyl groups is 1. The topological polar surface area (TPSA) is 158 Å². The molecule has 1 aliphatic heterocycles. The van der Waals surface area contributed by atoms with Crippen molar-refractivity contribution < 1.29 is 33.0 Å². The van der Waals surface area contributed by atoms with Crippen LogP contribution in [0.3, 0.4) is 0 Å². The summed E-state index contributed by atoms with van der Waals surface area (Å²) in [7, 11) is -4.34. The molecule has 1 aromatic heterocycles. The third-order valence-corrected chi connectivity index (χ3v) is 8.81. The van der Waals surface area contributed by atoms with E-state index in [2.05, 4.69) is 26.0 Å². The van der Waals surface area contributed by atoms with E-state index in [1.807, 2.05) is 44.2 Å². The van der Waals surface area contributed by atoms with Crippen LogP contribution in [0.15, 0.2) is 75.4 Å². The SMILES string of the molecule is CC(C)C[C@H](NP(=O)(OC[C@H]1O[C@@H](n2cc(/C=C/Br)c(=O)[nH]c2=O)C[C@@H]1O)Oc1ccc(Cl)cc1)C(=O)OCc1ccccc1. The van der Waals surface area contributed by atoms with Crippen molar-refractivity contribution >= 4 is 47.3 Å². The first-order valence-electron chi connectivity index (χ1n) is 14.1. The number of rotatable bonds is 14. The minimum Gasteiger partial charge on any atom is -0.460 e. The van der Waals surface area contributed by atoms with Crippen LogP contribution in [0.2, 0.25) is 5.02 Å². The summed E-state index contributed by atoms with van der Waals surface area (Å²) in [4.78, 5) is 41.5. The van der Waals surface area contributed by atoms with Gasteiger partial charge in [-0.3, -0.25) is 23.7 Å². The molecule has 2 heterocycles. The summed E-state index contributed by atoms with van der Waals surface area (Å²) in [6.45, 7) is 3.37. The van der Waals surface area contributed by atoms with E-state index in [9.17, 15) is 24.1 Å². The van der Waals surface area contributed by atoms with Gasteiger partial charge in [0.05, 0.1) is 18.3 Å². The molecule has 0 amide bonds. The molecule has 3 aromatic rings. The van der Waals surface area contributed by atoms with Crippen molar-refractivity contribution in [2.24, 2.45) is 5.92 Å². The molecule has 242 valence electrons. The Morgan fingerprint density at radius 2 is 1.93 bits per heavy atom. The quantitative estimate of drug-likeness (QED) is 0.150. The van der Waals surface area contributed by atoms with E-state index in [-0.39, 0.29) is 36.7 Å². The van der Waals surface area contributed by atoms with Crippen molar-refractivity contribution in [1.29, 1.82) is 0 Å². The van der Waals surface area contributed by atoms with Crippen LogP contribution in [0.4, 0.5) is 0 Å². The zero-order valence-corrected chi connectivity index (χ0v) is 27.7. The maximum atomic E-state index is 14.2. The van der Waals surface area contributed by atoms with E-state index in [1.165, 1.54) is 41.5 Å². The summed E-state index contributed by atoms with van der Waals surface area (Å²) in [5, 5.41) is 13.9. The first-order chi connectivity index (χ1) is 21.5. The number of aromatic nitrogens is 2. The van der Waals surface area contributed by atoms with Gasteiger partial charge in [0.25, 0.3) is 5.56 Å². The fourth-order valence-corrected chi connectivity index (χ4v) is 6.45. The Morgan fingerprint density at radius 1 is 1.22 bits per heavy atom. The van der Waals surface area contributed by atoms with E-state index >= 15 is 0 Å². The highest BCUT2D eigenvalue weighted by atomic mass is 79.9. The van der Waals surface area contributed by atoms with Crippen LogP contribution in [0, 0.1) is 5.92 Å². The van der Waals surface area contributed by atoms with Gasteiger partial charge in [-0.15, -0.1) is 0 Å². The Bertz CT molecular complexity index is 1630. The highest BCUT2D eigenvalue weighted by molar-refractivity contribution is 9.11. The largest absolute Gasteiger partial charge is 0.460 e. The van der Waals surface area contributed by atoms with Crippen LogP contribution in [-0.2, 0) is 30.0 Å². The van der Waals surface area contributed by atoms with Crippen LogP contribution in [0.1, 0.15) is 44.0 Å². The summed E-state index contributed by atoms with van der Waals surface area (Å²) in [6, 6.07) is 14.1. The molecule has 0 aliphatic carbocycles. The second-order valence-electron chi connectivity index (χ2n) is 10.7. The first-order valence-corrected chi connectivity index (χ1v) is 16.9. The number of carbonyl (C=O) groups is 1. The number of nitrogens with one attached hydrogen (secondary N) is 2. The predicted octanol–water partition coefficient (Wildman–Crippen LogP) is 5.16. The van der Waals surface area contributed by atoms with Gasteiger partial charge < -0.3 is 19.1 Å². The number of H-pyrrole nitrogens is 1. The zero-order chi connectivity index (χ0) is 32.6. The van der Waals surface area contributed by atoms with Gasteiger partial charge in [0.15, 0.2) is 0 Å². The zero-order valence-electron chi connectivity index (χ0n) is 24.5. The van der Waals surface area contributed by atoms with Gasteiger partial charge in [-0.2, -0.15) is 5.09 Å². The molecule has 15 heteroatoms. The van der Waals surface area contributed by atoms with Crippen molar-refractivity contribution in [3.05, 3.63) is 103 Å². The number of aromatic amines is 1. The molecule has 1 fully saturated rings. The van der Waals surface area contributed by atoms with E-state index in [0.29, 0.717) is 5.02 Å². The molecule has 0 bridgehead atoms. The lowest BCUT2D eigenvalue weighted by atomic mass is 10.1. The van der Waals surface area contributed by atoms with Crippen LogP contribution >= 0.6 is 35.3 Å². The molecule has 1 aliphatic rings. The molecule has 12 nitrogen and oxygen atoms in total. The molecule has 5 atom stereocenters. The lowest BCUT2D eigenvalue weighted by molar-refractivity contribution is -0.147. The van der Waals surface area contributed by atoms with Crippen LogP contribution in [0.5, 0.6) is 5.75 Å². The average Bonchev–Trinajstić information content (AvgIpc) is 3.37. The minimum atomic E-state index is -4.34. The van der Waals surface area contributed by atoms with Crippen molar-refractivity contribution in [3.63, 3.8) is 0 Å². The van der Waals surface area contributed by atoms with Crippen LogP contribution in [-0.4, -0.2) is 45.5 Å². The number of esters is 1. The normalized spacial score (nSPS) is 20.3. The third kappa shape index (κ3) is 9.98. The highest BCUT2D eigenvalue weighted by Gasteiger charge is 2.40. The number of benzene rings is 2.